The van der Waals surface area contributed by atoms with Crippen LogP contribution in [0, 0.1) is 0 Å². The van der Waals surface area contributed by atoms with Gasteiger partial charge in [0.25, 0.3) is 0 Å². The van der Waals surface area contributed by atoms with Crippen LogP contribution in [0.4, 0.5) is 0 Å². The van der Waals surface area contributed by atoms with Crippen LogP contribution in [0.3, 0.4) is 0 Å². The lowest BCUT2D eigenvalue weighted by atomic mass is 10.1. The van der Waals surface area contributed by atoms with E-state index >= 15 is 0 Å². The van der Waals surface area contributed by atoms with Crippen LogP contribution in [-0.2, 0) is 19.5 Å². The Morgan fingerprint density at radius 1 is 0.857 bits per heavy atom. The van der Waals surface area contributed by atoms with E-state index in [2.05, 4.69) is 42.6 Å². The van der Waals surface area contributed by atoms with Gasteiger partial charge in [0.15, 0.2) is 11.5 Å². The third-order valence-electron chi connectivity index (χ3n) is 3.56. The first-order chi connectivity index (χ1) is 10.3. The Balaban J connectivity index is 1.96. The number of nitrogens with one attached hydrogen (secondary N) is 1. The minimum absolute atomic E-state index is 0.746. The summed E-state index contributed by atoms with van der Waals surface area (Å²) in [6.45, 7) is 3.75. The van der Waals surface area contributed by atoms with Gasteiger partial charge in [-0.2, -0.15) is 0 Å². The predicted octanol–water partition coefficient (Wildman–Crippen LogP) is 3.56. The van der Waals surface area contributed by atoms with E-state index in [0.717, 1.165) is 36.6 Å². The van der Waals surface area contributed by atoms with Crippen molar-refractivity contribution in [1.29, 1.82) is 0 Å². The number of aryl methyl sites for hydroxylation is 1. The highest BCUT2D eigenvalue weighted by molar-refractivity contribution is 5.46. The summed E-state index contributed by atoms with van der Waals surface area (Å²) in [5.41, 5.74) is 3.75. The molecule has 0 fully saturated rings. The molecule has 0 bridgehead atoms. The summed E-state index contributed by atoms with van der Waals surface area (Å²) in [6, 6.07) is 14.7. The summed E-state index contributed by atoms with van der Waals surface area (Å²) in [5, 5.41) is 3.45. The van der Waals surface area contributed by atoms with Crippen LogP contribution < -0.4 is 14.8 Å². The summed E-state index contributed by atoms with van der Waals surface area (Å²) < 4.78 is 10.7. The van der Waals surface area contributed by atoms with Crippen molar-refractivity contribution >= 4 is 0 Å². The van der Waals surface area contributed by atoms with E-state index in [4.69, 9.17) is 9.47 Å². The average molecular weight is 285 g/mol. The lowest BCUT2D eigenvalue weighted by molar-refractivity contribution is 0.350. The molecule has 0 radical (unpaired) electrons. The molecule has 2 aromatic rings. The fourth-order valence-electron chi connectivity index (χ4n) is 2.33. The van der Waals surface area contributed by atoms with Crippen LogP contribution in [0.1, 0.15) is 23.6 Å². The highest BCUT2D eigenvalue weighted by Crippen LogP contribution is 2.30. The largest absolute Gasteiger partial charge is 0.493 e. The van der Waals surface area contributed by atoms with Gasteiger partial charge < -0.3 is 14.8 Å². The van der Waals surface area contributed by atoms with Crippen molar-refractivity contribution in [1.82, 2.24) is 5.32 Å². The molecular weight excluding hydrogens is 262 g/mol. The number of hydrogen-bond acceptors (Lipinski definition) is 3. The van der Waals surface area contributed by atoms with Crippen LogP contribution in [0.2, 0.25) is 0 Å². The quantitative estimate of drug-likeness (QED) is 0.844. The Labute approximate surface area is 126 Å². The summed E-state index contributed by atoms with van der Waals surface area (Å²) >= 11 is 0. The molecule has 0 aliphatic heterocycles. The molecule has 0 atom stereocenters. The molecule has 0 aliphatic carbocycles. The zero-order valence-electron chi connectivity index (χ0n) is 13.0. The number of methoxy groups -OCH3 is 2. The van der Waals surface area contributed by atoms with Crippen molar-refractivity contribution < 1.29 is 9.47 Å². The second kappa shape index (κ2) is 7.70. The fourth-order valence-corrected chi connectivity index (χ4v) is 2.33. The predicted molar refractivity (Wildman–Crippen MR) is 85.9 cm³/mol. The van der Waals surface area contributed by atoms with E-state index in [9.17, 15) is 0 Å². The summed E-state index contributed by atoms with van der Waals surface area (Å²) in [7, 11) is 3.33. The van der Waals surface area contributed by atoms with Crippen LogP contribution >= 0.6 is 0 Å². The topological polar surface area (TPSA) is 30.5 Å². The summed E-state index contributed by atoms with van der Waals surface area (Å²) in [5.74, 6) is 1.57. The first kappa shape index (κ1) is 15.4. The van der Waals surface area contributed by atoms with Crippen molar-refractivity contribution in [3.63, 3.8) is 0 Å². The number of hydrogen-bond donors (Lipinski definition) is 1. The van der Waals surface area contributed by atoms with E-state index < -0.39 is 0 Å². The van der Waals surface area contributed by atoms with Crippen molar-refractivity contribution in [2.24, 2.45) is 0 Å². The minimum atomic E-state index is 0.746. The first-order valence-electron chi connectivity index (χ1n) is 7.27. The Morgan fingerprint density at radius 3 is 2.19 bits per heavy atom. The number of ether oxygens (including phenoxy) is 2. The van der Waals surface area contributed by atoms with Gasteiger partial charge in [0, 0.05) is 18.7 Å². The van der Waals surface area contributed by atoms with E-state index in [1.807, 2.05) is 12.1 Å². The highest BCUT2D eigenvalue weighted by Gasteiger charge is 2.08. The van der Waals surface area contributed by atoms with Gasteiger partial charge in [-0.1, -0.05) is 43.3 Å². The lowest BCUT2D eigenvalue weighted by Crippen LogP contribution is -2.13. The molecule has 0 amide bonds. The smallest absolute Gasteiger partial charge is 0.165 e. The zero-order valence-corrected chi connectivity index (χ0v) is 13.0. The van der Waals surface area contributed by atoms with Gasteiger partial charge in [-0.05, 0) is 23.6 Å². The molecule has 2 rings (SSSR count). The van der Waals surface area contributed by atoms with Gasteiger partial charge >= 0.3 is 0 Å². The Morgan fingerprint density at radius 2 is 1.57 bits per heavy atom. The van der Waals surface area contributed by atoms with Gasteiger partial charge in [0.1, 0.15) is 0 Å². The second-order valence-electron chi connectivity index (χ2n) is 4.93. The monoisotopic (exact) mass is 285 g/mol. The molecule has 21 heavy (non-hydrogen) atoms. The Kier molecular flexibility index (Phi) is 5.64. The standard InChI is InChI=1S/C18H23NO2/c1-4-14-8-10-15(11-9-14)12-19-13-16-6-5-7-17(20-2)18(16)21-3/h5-11,19H,4,12-13H2,1-3H3. The molecular formula is C18H23NO2. The normalized spacial score (nSPS) is 10.4. The van der Waals surface area contributed by atoms with Gasteiger partial charge in [0.2, 0.25) is 0 Å². The van der Waals surface area contributed by atoms with Gasteiger partial charge in [0.05, 0.1) is 14.2 Å². The van der Waals surface area contributed by atoms with E-state index in [0.29, 0.717) is 0 Å². The van der Waals surface area contributed by atoms with Gasteiger partial charge in [-0.3, -0.25) is 0 Å². The fraction of sp³-hybridized carbons (Fsp3) is 0.333. The molecule has 112 valence electrons. The molecule has 2 aromatic carbocycles. The Bertz CT molecular complexity index is 564. The van der Waals surface area contributed by atoms with E-state index in [1.165, 1.54) is 11.1 Å². The van der Waals surface area contributed by atoms with Crippen molar-refractivity contribution in [3.05, 3.63) is 59.2 Å². The summed E-state index contributed by atoms with van der Waals surface area (Å²) in [6.07, 6.45) is 1.08. The first-order valence-corrected chi connectivity index (χ1v) is 7.27. The summed E-state index contributed by atoms with van der Waals surface area (Å²) in [4.78, 5) is 0. The molecule has 0 spiro atoms. The van der Waals surface area contributed by atoms with E-state index in [1.54, 1.807) is 14.2 Å². The lowest BCUT2D eigenvalue weighted by Gasteiger charge is -2.13. The van der Waals surface area contributed by atoms with Crippen LogP contribution in [0.15, 0.2) is 42.5 Å². The zero-order chi connectivity index (χ0) is 15.1. The molecule has 3 nitrogen and oxygen atoms in total. The molecule has 1 N–H and O–H groups in total. The molecule has 0 heterocycles. The van der Waals surface area contributed by atoms with Gasteiger partial charge in [-0.25, -0.2) is 0 Å². The van der Waals surface area contributed by atoms with E-state index in [-0.39, 0.29) is 0 Å². The maximum Gasteiger partial charge on any atom is 0.165 e. The Hall–Kier alpha value is -2.00. The molecule has 0 saturated heterocycles. The van der Waals surface area contributed by atoms with Crippen LogP contribution in [0.5, 0.6) is 11.5 Å². The third kappa shape index (κ3) is 3.99. The second-order valence-corrected chi connectivity index (χ2v) is 4.93. The molecule has 0 saturated carbocycles. The van der Waals surface area contributed by atoms with Crippen LogP contribution in [0.25, 0.3) is 0 Å². The average Bonchev–Trinajstić information content (AvgIpc) is 2.55. The third-order valence-corrected chi connectivity index (χ3v) is 3.56. The van der Waals surface area contributed by atoms with Gasteiger partial charge in [-0.15, -0.1) is 0 Å². The molecule has 0 unspecified atom stereocenters. The number of rotatable bonds is 7. The highest BCUT2D eigenvalue weighted by atomic mass is 16.5. The molecule has 3 heteroatoms. The maximum absolute atomic E-state index is 5.44. The number of para-hydroxylation sites is 1. The van der Waals surface area contributed by atoms with Crippen molar-refractivity contribution in [3.8, 4) is 11.5 Å². The molecule has 0 aromatic heterocycles. The maximum atomic E-state index is 5.44. The van der Waals surface area contributed by atoms with Crippen molar-refractivity contribution in [2.45, 2.75) is 26.4 Å². The molecule has 0 aliphatic rings. The van der Waals surface area contributed by atoms with Crippen molar-refractivity contribution in [2.75, 3.05) is 14.2 Å². The number of benzene rings is 2. The van der Waals surface area contributed by atoms with Crippen LogP contribution in [-0.4, -0.2) is 14.2 Å². The minimum Gasteiger partial charge on any atom is -0.493 e. The SMILES string of the molecule is CCc1ccc(CNCc2cccc(OC)c2OC)cc1.